The van der Waals surface area contributed by atoms with Crippen molar-refractivity contribution in [1.29, 1.82) is 0 Å². The number of oxazole rings is 1. The zero-order valence-corrected chi connectivity index (χ0v) is 26.3. The number of carbonyl (C=O) groups is 1. The van der Waals surface area contributed by atoms with Gasteiger partial charge in [0, 0.05) is 44.4 Å². The summed E-state index contributed by atoms with van der Waals surface area (Å²) in [5, 5.41) is 9.58. The number of rotatable bonds is 10. The minimum absolute atomic E-state index is 0.0595. The van der Waals surface area contributed by atoms with E-state index in [1.54, 1.807) is 17.0 Å². The average molecular weight is 665 g/mol. The van der Waals surface area contributed by atoms with Gasteiger partial charge in [-0.25, -0.2) is 9.37 Å². The van der Waals surface area contributed by atoms with E-state index in [0.29, 0.717) is 55.6 Å². The number of alkyl halides is 3. The van der Waals surface area contributed by atoms with Crippen molar-refractivity contribution in [2.24, 2.45) is 5.92 Å². The molecular weight excluding hydrogens is 628 g/mol. The first kappa shape index (κ1) is 33.0. The van der Waals surface area contributed by atoms with Crippen molar-refractivity contribution in [2.75, 3.05) is 42.6 Å². The quantitative estimate of drug-likeness (QED) is 0.104. The zero-order chi connectivity index (χ0) is 33.8. The maximum atomic E-state index is 14.2. The Bertz CT molecular complexity index is 1730. The molecule has 0 aliphatic carbocycles. The average Bonchev–Trinajstić information content (AvgIpc) is 3.56. The third-order valence-corrected chi connectivity index (χ3v) is 9.03. The Morgan fingerprint density at radius 2 is 1.69 bits per heavy atom. The van der Waals surface area contributed by atoms with Crippen LogP contribution >= 0.6 is 0 Å². The van der Waals surface area contributed by atoms with Gasteiger partial charge in [0.2, 0.25) is 11.5 Å². The number of aromatic nitrogens is 2. The molecule has 0 radical (unpaired) electrons. The molecule has 12 heteroatoms. The standard InChI is InChI=1S/C36H36F4N4O4/c1-23(45)28-8-9-29(37)31(20-28)47-22-24-11-15-43(16-12-24)32-10-7-25(21-41-32)19-30(46)33-34(36(38,39)40)42-35(48-33)44-17-13-27(14-18-44)26-5-3-2-4-6-26/h2-10,20-21,24,27,45H,1,11-19,22H2. The highest BCUT2D eigenvalue weighted by atomic mass is 19.4. The van der Waals surface area contributed by atoms with E-state index in [0.717, 1.165) is 25.7 Å². The fourth-order valence-corrected chi connectivity index (χ4v) is 6.26. The molecule has 2 aliphatic rings. The van der Waals surface area contributed by atoms with Crippen LogP contribution in [0.25, 0.3) is 5.76 Å². The molecule has 2 aromatic heterocycles. The summed E-state index contributed by atoms with van der Waals surface area (Å²) < 4.78 is 67.2. The number of hydrogen-bond donors (Lipinski definition) is 1. The molecule has 0 amide bonds. The molecular formula is C36H36F4N4O4. The first-order chi connectivity index (χ1) is 23.0. The van der Waals surface area contributed by atoms with Gasteiger partial charge in [0.15, 0.2) is 17.3 Å². The third-order valence-electron chi connectivity index (χ3n) is 9.03. The van der Waals surface area contributed by atoms with Crippen LogP contribution < -0.4 is 14.5 Å². The van der Waals surface area contributed by atoms with E-state index in [-0.39, 0.29) is 29.9 Å². The van der Waals surface area contributed by atoms with Gasteiger partial charge in [0.05, 0.1) is 6.61 Å². The van der Waals surface area contributed by atoms with Gasteiger partial charge in [-0.2, -0.15) is 18.2 Å². The van der Waals surface area contributed by atoms with Gasteiger partial charge in [-0.1, -0.05) is 43.0 Å². The summed E-state index contributed by atoms with van der Waals surface area (Å²) in [7, 11) is 0. The summed E-state index contributed by atoms with van der Waals surface area (Å²) in [6, 6.07) is 17.3. The summed E-state index contributed by atoms with van der Waals surface area (Å²) in [4.78, 5) is 25.1. The number of Topliss-reactive ketones (excluding diaryl/α,β-unsaturated/α-hetero) is 1. The summed E-state index contributed by atoms with van der Waals surface area (Å²) in [5.74, 6) is -1.07. The molecule has 0 spiro atoms. The Morgan fingerprint density at radius 3 is 2.33 bits per heavy atom. The normalized spacial score (nSPS) is 16.2. The molecule has 0 bridgehead atoms. The van der Waals surface area contributed by atoms with Crippen LogP contribution in [0.4, 0.5) is 29.4 Å². The molecule has 6 rings (SSSR count). The maximum absolute atomic E-state index is 14.2. The van der Waals surface area contributed by atoms with E-state index in [9.17, 15) is 27.5 Å². The van der Waals surface area contributed by atoms with E-state index in [1.165, 1.54) is 30.0 Å². The van der Waals surface area contributed by atoms with Gasteiger partial charge >= 0.3 is 6.18 Å². The highest BCUT2D eigenvalue weighted by molar-refractivity contribution is 5.96. The number of aliphatic hydroxyl groups excluding tert-OH is 1. The summed E-state index contributed by atoms with van der Waals surface area (Å²) in [6.45, 7) is 6.05. The Hall–Kier alpha value is -4.87. The predicted octanol–water partition coefficient (Wildman–Crippen LogP) is 7.86. The number of piperidine rings is 2. The molecule has 0 atom stereocenters. The Balaban J connectivity index is 1.03. The van der Waals surface area contributed by atoms with Gasteiger partial charge in [0.1, 0.15) is 11.6 Å². The fourth-order valence-electron chi connectivity index (χ4n) is 6.26. The number of anilines is 2. The van der Waals surface area contributed by atoms with Crippen LogP contribution in [0.5, 0.6) is 5.75 Å². The lowest BCUT2D eigenvalue weighted by molar-refractivity contribution is -0.141. The number of pyridine rings is 1. The van der Waals surface area contributed by atoms with Crippen LogP contribution in [0.2, 0.25) is 0 Å². The number of benzene rings is 2. The largest absolute Gasteiger partial charge is 0.508 e. The van der Waals surface area contributed by atoms with E-state index in [4.69, 9.17) is 9.15 Å². The van der Waals surface area contributed by atoms with Gasteiger partial charge in [-0.3, -0.25) is 4.79 Å². The number of hydrogen-bond acceptors (Lipinski definition) is 8. The molecule has 252 valence electrons. The number of carbonyl (C=O) groups excluding carboxylic acids is 1. The second-order valence-corrected chi connectivity index (χ2v) is 12.3. The lowest BCUT2D eigenvalue weighted by atomic mass is 9.90. The minimum Gasteiger partial charge on any atom is -0.508 e. The van der Waals surface area contributed by atoms with E-state index in [2.05, 4.69) is 33.6 Å². The molecule has 0 unspecified atom stereocenters. The lowest BCUT2D eigenvalue weighted by Gasteiger charge is -2.32. The van der Waals surface area contributed by atoms with Crippen LogP contribution in [0, 0.1) is 11.7 Å². The van der Waals surface area contributed by atoms with E-state index >= 15 is 0 Å². The molecule has 48 heavy (non-hydrogen) atoms. The predicted molar refractivity (Wildman–Crippen MR) is 173 cm³/mol. The minimum atomic E-state index is -4.85. The number of aliphatic hydroxyl groups is 1. The molecule has 4 aromatic rings. The monoisotopic (exact) mass is 664 g/mol. The summed E-state index contributed by atoms with van der Waals surface area (Å²) in [6.07, 6.45) is -0.661. The van der Waals surface area contributed by atoms with Crippen LogP contribution in [0.15, 0.2) is 77.9 Å². The fraction of sp³-hybridized carbons (Fsp3) is 0.361. The molecule has 1 N–H and O–H groups in total. The van der Waals surface area contributed by atoms with E-state index in [1.807, 2.05) is 18.2 Å². The van der Waals surface area contributed by atoms with Crippen molar-refractivity contribution >= 4 is 23.4 Å². The van der Waals surface area contributed by atoms with Gasteiger partial charge < -0.3 is 24.1 Å². The topological polar surface area (TPSA) is 91.9 Å². The van der Waals surface area contributed by atoms with Crippen molar-refractivity contribution in [3.05, 3.63) is 107 Å². The third kappa shape index (κ3) is 7.64. The van der Waals surface area contributed by atoms with Crippen LogP contribution in [0.1, 0.15) is 64.5 Å². The van der Waals surface area contributed by atoms with Gasteiger partial charge in [-0.15, -0.1) is 0 Å². The van der Waals surface area contributed by atoms with Crippen molar-refractivity contribution in [3.8, 4) is 5.75 Å². The van der Waals surface area contributed by atoms with Crippen molar-refractivity contribution in [1.82, 2.24) is 9.97 Å². The van der Waals surface area contributed by atoms with Crippen LogP contribution in [-0.4, -0.2) is 53.6 Å². The van der Waals surface area contributed by atoms with Crippen LogP contribution in [0.3, 0.4) is 0 Å². The summed E-state index contributed by atoms with van der Waals surface area (Å²) >= 11 is 0. The Kier molecular flexibility index (Phi) is 9.70. The molecule has 2 fully saturated rings. The molecule has 4 heterocycles. The molecule has 0 saturated carbocycles. The van der Waals surface area contributed by atoms with Crippen molar-refractivity contribution in [2.45, 2.75) is 44.2 Å². The van der Waals surface area contributed by atoms with Crippen molar-refractivity contribution < 1.29 is 36.6 Å². The van der Waals surface area contributed by atoms with Crippen LogP contribution in [-0.2, 0) is 12.6 Å². The Labute approximate surface area is 275 Å². The Morgan fingerprint density at radius 1 is 0.979 bits per heavy atom. The number of ketones is 1. The number of halogens is 4. The van der Waals surface area contributed by atoms with Crippen molar-refractivity contribution in [3.63, 3.8) is 0 Å². The highest BCUT2D eigenvalue weighted by Gasteiger charge is 2.42. The SMILES string of the molecule is C=C(O)c1ccc(F)c(OCC2CCN(c3ccc(CC(=O)c4oc(N5CCC(c6ccccc6)CC5)nc4C(F)(F)F)cn3)CC2)c1. The molecule has 2 aliphatic heterocycles. The second-order valence-electron chi connectivity index (χ2n) is 12.3. The van der Waals surface area contributed by atoms with Gasteiger partial charge in [0.25, 0.3) is 6.01 Å². The lowest BCUT2D eigenvalue weighted by Crippen LogP contribution is -2.36. The number of nitrogens with zero attached hydrogens (tertiary/aromatic N) is 4. The highest BCUT2D eigenvalue weighted by Crippen LogP contribution is 2.37. The molecule has 2 saturated heterocycles. The zero-order valence-electron chi connectivity index (χ0n) is 26.3. The maximum Gasteiger partial charge on any atom is 0.437 e. The summed E-state index contributed by atoms with van der Waals surface area (Å²) in [5.41, 5.74) is 0.728. The number of ether oxygens (including phenoxy) is 1. The smallest absolute Gasteiger partial charge is 0.437 e. The van der Waals surface area contributed by atoms with Gasteiger partial charge in [-0.05, 0) is 72.9 Å². The molecule has 8 nitrogen and oxygen atoms in total. The van der Waals surface area contributed by atoms with E-state index < -0.39 is 29.2 Å². The first-order valence-electron chi connectivity index (χ1n) is 16.0. The second kappa shape index (κ2) is 14.1. The molecule has 2 aromatic carbocycles. The first-order valence-corrected chi connectivity index (χ1v) is 16.0.